The number of alkyl halides is 3. The number of nitrogens with zero attached hydrogens (tertiary/aromatic N) is 3. The topological polar surface area (TPSA) is 82.3 Å². The number of hydrazone groups is 1. The monoisotopic (exact) mass is 533 g/mol. The van der Waals surface area contributed by atoms with Gasteiger partial charge in [0, 0.05) is 10.9 Å². The van der Waals surface area contributed by atoms with Gasteiger partial charge in [-0.25, -0.2) is 5.01 Å². The summed E-state index contributed by atoms with van der Waals surface area (Å²) in [7, 11) is -4.49. The lowest BCUT2D eigenvalue weighted by atomic mass is 9.83. The first-order valence-corrected chi connectivity index (χ1v) is 12.8. The van der Waals surface area contributed by atoms with E-state index in [1.165, 1.54) is 11.1 Å². The summed E-state index contributed by atoms with van der Waals surface area (Å²) in [6, 6.07) is 15.1. The van der Waals surface area contributed by atoms with Gasteiger partial charge in [-0.3, -0.25) is 0 Å². The van der Waals surface area contributed by atoms with Crippen LogP contribution < -0.4 is 0 Å². The highest BCUT2D eigenvalue weighted by atomic mass is 35.5. The SMILES string of the molecule is O=S(=O)(/N=C(/O)N1CC(c2ccc3c(c2)CC3)C(c2ccc(Cl)cc2)=N1)c1ccc(C(F)(F)F)cc1. The normalized spacial score (nSPS) is 18.0. The van der Waals surface area contributed by atoms with Crippen molar-refractivity contribution in [1.82, 2.24) is 5.01 Å². The molecule has 0 saturated heterocycles. The molecule has 0 radical (unpaired) electrons. The number of hydrogen-bond donors (Lipinski definition) is 1. The highest BCUT2D eigenvalue weighted by molar-refractivity contribution is 7.90. The van der Waals surface area contributed by atoms with Crippen molar-refractivity contribution in [3.63, 3.8) is 0 Å². The van der Waals surface area contributed by atoms with Crippen LogP contribution in [0, 0.1) is 0 Å². The van der Waals surface area contributed by atoms with Gasteiger partial charge in [-0.1, -0.05) is 41.9 Å². The highest BCUT2D eigenvalue weighted by Crippen LogP contribution is 2.34. The second-order valence-electron chi connectivity index (χ2n) is 8.54. The Bertz CT molecular complexity index is 1490. The number of benzene rings is 3. The van der Waals surface area contributed by atoms with E-state index in [2.05, 4.69) is 21.6 Å². The molecule has 11 heteroatoms. The zero-order valence-corrected chi connectivity index (χ0v) is 20.1. The Hall–Kier alpha value is -3.37. The molecule has 3 aromatic carbocycles. The predicted molar refractivity (Wildman–Crippen MR) is 130 cm³/mol. The molecule has 5 rings (SSSR count). The maximum absolute atomic E-state index is 12.8. The number of fused-ring (bicyclic) bond motifs is 1. The first-order chi connectivity index (χ1) is 17.0. The number of aliphatic hydroxyl groups excluding tert-OH is 1. The second-order valence-corrected chi connectivity index (χ2v) is 10.6. The van der Waals surface area contributed by atoms with Gasteiger partial charge >= 0.3 is 12.2 Å². The summed E-state index contributed by atoms with van der Waals surface area (Å²) in [6.45, 7) is 0.120. The smallest absolute Gasteiger partial charge is 0.416 e. The van der Waals surface area contributed by atoms with E-state index < -0.39 is 32.7 Å². The summed E-state index contributed by atoms with van der Waals surface area (Å²) in [4.78, 5) is -0.484. The molecule has 0 fully saturated rings. The number of aliphatic hydroxyl groups is 1. The van der Waals surface area contributed by atoms with Crippen molar-refractivity contribution in [3.05, 3.63) is 99.6 Å². The molecule has 0 aromatic heterocycles. The third-order valence-corrected chi connectivity index (χ3v) is 7.79. The molecule has 0 saturated carbocycles. The van der Waals surface area contributed by atoms with Gasteiger partial charge < -0.3 is 5.11 Å². The number of sulfonamides is 1. The second kappa shape index (κ2) is 8.94. The maximum atomic E-state index is 12.8. The Morgan fingerprint density at radius 1 is 1.00 bits per heavy atom. The number of hydrogen-bond acceptors (Lipinski definition) is 3. The number of amidine groups is 1. The van der Waals surface area contributed by atoms with Crippen LogP contribution in [-0.2, 0) is 29.0 Å². The van der Waals surface area contributed by atoms with Crippen molar-refractivity contribution < 1.29 is 26.7 Å². The minimum Gasteiger partial charge on any atom is -0.479 e. The number of rotatable bonds is 4. The van der Waals surface area contributed by atoms with Crippen molar-refractivity contribution in [3.8, 4) is 0 Å². The molecule has 1 aliphatic carbocycles. The largest absolute Gasteiger partial charge is 0.479 e. The number of aryl methyl sites for hydroxylation is 2. The molecular formula is C25H19ClF3N3O3S. The molecule has 6 nitrogen and oxygen atoms in total. The van der Waals surface area contributed by atoms with E-state index in [0.717, 1.165) is 41.1 Å². The summed E-state index contributed by atoms with van der Waals surface area (Å²) in [5, 5.41) is 16.7. The lowest BCUT2D eigenvalue weighted by Gasteiger charge is -2.22. The molecule has 0 spiro atoms. The lowest BCUT2D eigenvalue weighted by Crippen LogP contribution is -2.26. The zero-order valence-electron chi connectivity index (χ0n) is 18.6. The molecule has 1 heterocycles. The summed E-state index contributed by atoms with van der Waals surface area (Å²) >= 11 is 6.02. The summed E-state index contributed by atoms with van der Waals surface area (Å²) < 4.78 is 67.2. The Balaban J connectivity index is 1.47. The van der Waals surface area contributed by atoms with Gasteiger partial charge in [0.15, 0.2) is 0 Å². The van der Waals surface area contributed by atoms with E-state index in [1.807, 2.05) is 6.07 Å². The van der Waals surface area contributed by atoms with E-state index >= 15 is 0 Å². The van der Waals surface area contributed by atoms with Crippen molar-refractivity contribution in [2.75, 3.05) is 6.54 Å². The van der Waals surface area contributed by atoms with Gasteiger partial charge in [0.2, 0.25) is 0 Å². The fraction of sp³-hybridized carbons (Fsp3) is 0.200. The van der Waals surface area contributed by atoms with Gasteiger partial charge in [-0.2, -0.15) is 26.7 Å². The fourth-order valence-corrected chi connectivity index (χ4v) is 5.24. The van der Waals surface area contributed by atoms with E-state index in [4.69, 9.17) is 11.6 Å². The van der Waals surface area contributed by atoms with Gasteiger partial charge in [0.1, 0.15) is 0 Å². The molecule has 2 aliphatic rings. The molecule has 0 bridgehead atoms. The number of halogens is 4. The molecule has 186 valence electrons. The lowest BCUT2D eigenvalue weighted by molar-refractivity contribution is -0.137. The molecule has 1 atom stereocenters. The quantitative estimate of drug-likeness (QED) is 0.351. The van der Waals surface area contributed by atoms with Crippen LogP contribution in [0.15, 0.2) is 81.1 Å². The van der Waals surface area contributed by atoms with Crippen LogP contribution in [-0.4, -0.2) is 36.8 Å². The molecule has 1 N–H and O–H groups in total. The van der Waals surface area contributed by atoms with E-state index in [0.29, 0.717) is 22.9 Å². The Morgan fingerprint density at radius 2 is 1.67 bits per heavy atom. The summed E-state index contributed by atoms with van der Waals surface area (Å²) in [6.07, 6.45) is -2.60. The third-order valence-electron chi connectivity index (χ3n) is 6.26. The van der Waals surface area contributed by atoms with E-state index in [9.17, 15) is 26.7 Å². The maximum Gasteiger partial charge on any atom is 0.416 e. The average molecular weight is 534 g/mol. The third kappa shape index (κ3) is 4.70. The zero-order chi connectivity index (χ0) is 25.7. The van der Waals surface area contributed by atoms with Crippen molar-refractivity contribution in [1.29, 1.82) is 0 Å². The van der Waals surface area contributed by atoms with Crippen LogP contribution in [0.2, 0.25) is 5.02 Å². The van der Waals surface area contributed by atoms with E-state index in [1.54, 1.807) is 24.3 Å². The van der Waals surface area contributed by atoms with Gasteiger partial charge in [-0.15, -0.1) is 4.40 Å². The minimum absolute atomic E-state index is 0.120. The van der Waals surface area contributed by atoms with Gasteiger partial charge in [0.05, 0.1) is 22.7 Å². The molecule has 36 heavy (non-hydrogen) atoms. The van der Waals surface area contributed by atoms with Gasteiger partial charge in [0.25, 0.3) is 10.0 Å². The summed E-state index contributed by atoms with van der Waals surface area (Å²) in [5.74, 6) is -0.289. The van der Waals surface area contributed by atoms with Crippen LogP contribution >= 0.6 is 11.6 Å². The summed E-state index contributed by atoms with van der Waals surface area (Å²) in [5.41, 5.74) is 3.83. The van der Waals surface area contributed by atoms with Crippen LogP contribution in [0.25, 0.3) is 0 Å². The van der Waals surface area contributed by atoms with Crippen LogP contribution in [0.1, 0.15) is 33.7 Å². The van der Waals surface area contributed by atoms with Crippen molar-refractivity contribution in [2.45, 2.75) is 29.8 Å². The predicted octanol–water partition coefficient (Wildman–Crippen LogP) is 5.56. The standard InChI is InChI=1S/C25H19ClF3N3O3S/c26-20-9-5-16(6-10-20)23-22(18-4-2-15-1-3-17(15)13-18)14-32(30-23)24(33)31-36(34,35)21-11-7-19(8-12-21)25(27,28)29/h2,4-13,22H,1,3,14H2,(H,31,33). The minimum atomic E-state index is -4.61. The Morgan fingerprint density at radius 3 is 2.25 bits per heavy atom. The molecule has 1 aliphatic heterocycles. The molecule has 1 unspecified atom stereocenters. The first-order valence-electron chi connectivity index (χ1n) is 11.0. The Labute approximate surface area is 210 Å². The highest BCUT2D eigenvalue weighted by Gasteiger charge is 2.34. The van der Waals surface area contributed by atoms with Gasteiger partial charge in [-0.05, 0) is 71.5 Å². The fourth-order valence-electron chi connectivity index (χ4n) is 4.22. The molecule has 0 amide bonds. The van der Waals surface area contributed by atoms with Crippen LogP contribution in [0.4, 0.5) is 13.2 Å². The van der Waals surface area contributed by atoms with Crippen LogP contribution in [0.3, 0.4) is 0 Å². The molecule has 3 aromatic rings. The van der Waals surface area contributed by atoms with E-state index in [-0.39, 0.29) is 12.5 Å². The van der Waals surface area contributed by atoms with Crippen LogP contribution in [0.5, 0.6) is 0 Å². The average Bonchev–Trinajstić information content (AvgIpc) is 3.25. The Kier molecular flexibility index (Phi) is 6.04. The van der Waals surface area contributed by atoms with Crippen molar-refractivity contribution in [2.24, 2.45) is 9.50 Å². The molecular weight excluding hydrogens is 515 g/mol. The van der Waals surface area contributed by atoms with Crippen molar-refractivity contribution >= 4 is 33.4 Å². The first kappa shape index (κ1) is 24.3.